The van der Waals surface area contributed by atoms with Crippen molar-refractivity contribution in [2.75, 3.05) is 5.73 Å². The highest BCUT2D eigenvalue weighted by molar-refractivity contribution is 5.90. The van der Waals surface area contributed by atoms with E-state index in [0.29, 0.717) is 5.82 Å². The third-order valence-corrected chi connectivity index (χ3v) is 3.32. The van der Waals surface area contributed by atoms with Gasteiger partial charge in [0.05, 0.1) is 5.69 Å². The number of nitrogens with zero attached hydrogens (tertiary/aromatic N) is 2. The van der Waals surface area contributed by atoms with Gasteiger partial charge in [0.15, 0.2) is 0 Å². The Morgan fingerprint density at radius 3 is 3.05 bits per heavy atom. The number of nitrogens with one attached hydrogen (secondary N) is 1. The van der Waals surface area contributed by atoms with Gasteiger partial charge in [-0.15, -0.1) is 0 Å². The molecular weight excluding hydrogens is 268 g/mol. The van der Waals surface area contributed by atoms with Crippen molar-refractivity contribution >= 4 is 23.4 Å². The van der Waals surface area contributed by atoms with Gasteiger partial charge in [0.1, 0.15) is 11.5 Å². The molecule has 0 unspecified atom stereocenters. The second-order valence-electron chi connectivity index (χ2n) is 4.90. The lowest BCUT2D eigenvalue weighted by atomic mass is 10.1. The van der Waals surface area contributed by atoms with Gasteiger partial charge in [-0.25, -0.2) is 10.5 Å². The van der Waals surface area contributed by atoms with Crippen molar-refractivity contribution in [2.24, 2.45) is 0 Å². The molecule has 6 nitrogen and oxygen atoms in total. The number of unbranched alkanes of at least 4 members (excludes halogenated alkanes) is 2. The highest BCUT2D eigenvalue weighted by Gasteiger charge is 2.08. The summed E-state index contributed by atoms with van der Waals surface area (Å²) in [5.41, 5.74) is 10.1. The SMILES string of the molecule is CCCCCc1nc2cc(/C=C/C(=O)NO)ccn2c1N. The van der Waals surface area contributed by atoms with Crippen LogP contribution in [0.4, 0.5) is 5.82 Å². The minimum absolute atomic E-state index is 0.571. The lowest BCUT2D eigenvalue weighted by Crippen LogP contribution is -2.14. The minimum atomic E-state index is -0.571. The van der Waals surface area contributed by atoms with Crippen molar-refractivity contribution in [3.8, 4) is 0 Å². The first kappa shape index (κ1) is 15.1. The Bertz CT molecular complexity index is 661. The largest absolute Gasteiger partial charge is 0.383 e. The second-order valence-corrected chi connectivity index (χ2v) is 4.90. The summed E-state index contributed by atoms with van der Waals surface area (Å²) < 4.78 is 1.84. The smallest absolute Gasteiger partial charge is 0.267 e. The van der Waals surface area contributed by atoms with Crippen LogP contribution in [0.1, 0.15) is 37.4 Å². The van der Waals surface area contributed by atoms with Crippen LogP contribution in [0.25, 0.3) is 11.7 Å². The van der Waals surface area contributed by atoms with Gasteiger partial charge in [-0.3, -0.25) is 14.4 Å². The van der Waals surface area contributed by atoms with Crippen LogP contribution < -0.4 is 11.2 Å². The Kier molecular flexibility index (Phi) is 4.94. The molecule has 0 atom stereocenters. The fraction of sp³-hybridized carbons (Fsp3) is 0.333. The zero-order valence-electron chi connectivity index (χ0n) is 12.0. The van der Waals surface area contributed by atoms with E-state index in [1.165, 1.54) is 6.08 Å². The van der Waals surface area contributed by atoms with Crippen molar-refractivity contribution in [1.82, 2.24) is 14.9 Å². The fourth-order valence-corrected chi connectivity index (χ4v) is 2.17. The van der Waals surface area contributed by atoms with Crippen LogP contribution in [-0.4, -0.2) is 20.5 Å². The average Bonchev–Trinajstić information content (AvgIpc) is 2.81. The van der Waals surface area contributed by atoms with Crippen LogP contribution >= 0.6 is 0 Å². The molecule has 1 amide bonds. The summed E-state index contributed by atoms with van der Waals surface area (Å²) in [4.78, 5) is 15.5. The van der Waals surface area contributed by atoms with E-state index >= 15 is 0 Å². The maximum absolute atomic E-state index is 11.0. The first-order valence-electron chi connectivity index (χ1n) is 7.04. The molecule has 112 valence electrons. The minimum Gasteiger partial charge on any atom is -0.383 e. The number of hydrogen-bond donors (Lipinski definition) is 3. The van der Waals surface area contributed by atoms with Crippen molar-refractivity contribution < 1.29 is 10.0 Å². The quantitative estimate of drug-likeness (QED) is 0.329. The van der Waals surface area contributed by atoms with Gasteiger partial charge in [-0.1, -0.05) is 19.8 Å². The third kappa shape index (κ3) is 3.61. The van der Waals surface area contributed by atoms with E-state index in [1.54, 1.807) is 11.6 Å². The molecule has 0 radical (unpaired) electrons. The maximum Gasteiger partial charge on any atom is 0.267 e. The van der Waals surface area contributed by atoms with Gasteiger partial charge in [-0.2, -0.15) is 0 Å². The number of anilines is 1. The monoisotopic (exact) mass is 288 g/mol. The summed E-state index contributed by atoms with van der Waals surface area (Å²) in [6, 6.07) is 3.68. The van der Waals surface area contributed by atoms with Crippen molar-refractivity contribution in [2.45, 2.75) is 32.6 Å². The Morgan fingerprint density at radius 1 is 1.52 bits per heavy atom. The van der Waals surface area contributed by atoms with E-state index in [4.69, 9.17) is 10.9 Å². The molecule has 0 spiro atoms. The molecule has 2 heterocycles. The maximum atomic E-state index is 11.0. The number of aromatic nitrogens is 2. The Hall–Kier alpha value is -2.34. The van der Waals surface area contributed by atoms with E-state index in [-0.39, 0.29) is 0 Å². The first-order valence-corrected chi connectivity index (χ1v) is 7.04. The van der Waals surface area contributed by atoms with Crippen LogP contribution in [0.5, 0.6) is 0 Å². The normalized spacial score (nSPS) is 11.3. The molecule has 0 aliphatic rings. The number of carbonyl (C=O) groups excluding carboxylic acids is 1. The fourth-order valence-electron chi connectivity index (χ4n) is 2.17. The lowest BCUT2D eigenvalue weighted by Gasteiger charge is -1.99. The van der Waals surface area contributed by atoms with E-state index in [2.05, 4.69) is 11.9 Å². The van der Waals surface area contributed by atoms with Crippen LogP contribution in [0.15, 0.2) is 24.4 Å². The molecule has 0 bridgehead atoms. The first-order chi connectivity index (χ1) is 10.2. The summed E-state index contributed by atoms with van der Waals surface area (Å²) in [6.07, 6.45) is 8.96. The second kappa shape index (κ2) is 6.90. The molecule has 2 aromatic heterocycles. The van der Waals surface area contributed by atoms with Crippen molar-refractivity contribution in [3.63, 3.8) is 0 Å². The number of pyridine rings is 1. The number of amides is 1. The summed E-state index contributed by atoms with van der Waals surface area (Å²) in [6.45, 7) is 2.16. The number of hydroxylamine groups is 1. The standard InChI is InChI=1S/C15H20N4O2/c1-2-3-4-5-12-15(16)19-9-8-11(10-13(19)17-12)6-7-14(20)18-21/h6-10,21H,2-5,16H2,1H3,(H,18,20)/b7-6+. The highest BCUT2D eigenvalue weighted by Crippen LogP contribution is 2.19. The highest BCUT2D eigenvalue weighted by atomic mass is 16.5. The number of nitrogens with two attached hydrogens (primary N) is 1. The number of aryl methyl sites for hydroxylation is 1. The van der Waals surface area contributed by atoms with E-state index in [9.17, 15) is 4.79 Å². The summed E-state index contributed by atoms with van der Waals surface area (Å²) >= 11 is 0. The van der Waals surface area contributed by atoms with Crippen molar-refractivity contribution in [3.05, 3.63) is 35.7 Å². The predicted molar refractivity (Wildman–Crippen MR) is 81.8 cm³/mol. The van der Waals surface area contributed by atoms with Crippen LogP contribution in [0.2, 0.25) is 0 Å². The molecule has 0 saturated carbocycles. The number of carbonyl (C=O) groups is 1. The number of rotatable bonds is 6. The number of imidazole rings is 1. The van der Waals surface area contributed by atoms with E-state index < -0.39 is 5.91 Å². The van der Waals surface area contributed by atoms with E-state index in [0.717, 1.165) is 42.6 Å². The molecule has 0 fully saturated rings. The van der Waals surface area contributed by atoms with Gasteiger partial charge < -0.3 is 5.73 Å². The Labute approximate surface area is 123 Å². The number of fused-ring (bicyclic) bond motifs is 1. The van der Waals surface area contributed by atoms with E-state index in [1.807, 2.05) is 22.7 Å². The summed E-state index contributed by atoms with van der Waals surface area (Å²) in [5, 5.41) is 8.44. The Morgan fingerprint density at radius 2 is 2.33 bits per heavy atom. The molecule has 6 heteroatoms. The summed E-state index contributed by atoms with van der Waals surface area (Å²) in [5.74, 6) is 0.0997. The van der Waals surface area contributed by atoms with Gasteiger partial charge in [-0.05, 0) is 36.6 Å². The van der Waals surface area contributed by atoms with Gasteiger partial charge in [0.2, 0.25) is 0 Å². The lowest BCUT2D eigenvalue weighted by molar-refractivity contribution is -0.124. The Balaban J connectivity index is 2.23. The van der Waals surface area contributed by atoms with Crippen LogP contribution in [0, 0.1) is 0 Å². The third-order valence-electron chi connectivity index (χ3n) is 3.32. The predicted octanol–water partition coefficient (Wildman–Crippen LogP) is 2.17. The van der Waals surface area contributed by atoms with Crippen LogP contribution in [0.3, 0.4) is 0 Å². The van der Waals surface area contributed by atoms with Gasteiger partial charge in [0.25, 0.3) is 5.91 Å². The molecular formula is C15H20N4O2. The zero-order valence-corrected chi connectivity index (χ0v) is 12.0. The molecule has 2 aromatic rings. The molecule has 0 aliphatic heterocycles. The molecule has 0 aromatic carbocycles. The van der Waals surface area contributed by atoms with Gasteiger partial charge >= 0.3 is 0 Å². The number of hydrogen-bond acceptors (Lipinski definition) is 4. The topological polar surface area (TPSA) is 92.6 Å². The molecule has 21 heavy (non-hydrogen) atoms. The van der Waals surface area contributed by atoms with Crippen molar-refractivity contribution in [1.29, 1.82) is 0 Å². The number of nitrogen functional groups attached to an aromatic ring is 1. The van der Waals surface area contributed by atoms with Crippen LogP contribution in [-0.2, 0) is 11.2 Å². The molecule has 0 aliphatic carbocycles. The summed E-state index contributed by atoms with van der Waals surface area (Å²) in [7, 11) is 0. The average molecular weight is 288 g/mol. The molecule has 0 saturated heterocycles. The molecule has 2 rings (SSSR count). The van der Waals surface area contributed by atoms with Gasteiger partial charge in [0, 0.05) is 12.3 Å². The molecule has 4 N–H and O–H groups in total. The zero-order chi connectivity index (χ0) is 15.2.